The molecule has 2 nitrogen and oxygen atoms in total. The molecule has 96 valence electrons. The van der Waals surface area contributed by atoms with E-state index in [1.54, 1.807) is 12.1 Å². The number of allylic oxidation sites excluding steroid dienone is 2. The van der Waals surface area contributed by atoms with E-state index in [2.05, 4.69) is 33.8 Å². The topological polar surface area (TPSA) is 26.3 Å². The van der Waals surface area contributed by atoms with Crippen LogP contribution in [0.3, 0.4) is 0 Å². The fraction of sp³-hybridized carbons (Fsp3) is 0.438. The second-order valence-electron chi connectivity index (χ2n) is 6.31. The predicted octanol–water partition coefficient (Wildman–Crippen LogP) is 4.18. The van der Waals surface area contributed by atoms with Gasteiger partial charge in [-0.25, -0.2) is 4.79 Å². The molecule has 0 aliphatic heterocycles. The van der Waals surface area contributed by atoms with E-state index in [4.69, 9.17) is 4.74 Å². The lowest BCUT2D eigenvalue weighted by atomic mass is 9.83. The van der Waals surface area contributed by atoms with Gasteiger partial charge in [-0.15, -0.1) is 0 Å². The van der Waals surface area contributed by atoms with Gasteiger partial charge in [0, 0.05) is 5.41 Å². The standard InChI is InChI=1S/C16H20O2/c1-15(2)10-13(16(3,4)11-15)18-14(17)12-8-6-5-7-9-12/h5-10H,11H2,1-4H3. The maximum atomic E-state index is 12.0. The Morgan fingerprint density at radius 2 is 1.72 bits per heavy atom. The first-order chi connectivity index (χ1) is 8.30. The third-order valence-corrected chi connectivity index (χ3v) is 3.30. The predicted molar refractivity (Wildman–Crippen MR) is 72.1 cm³/mol. The fourth-order valence-electron chi connectivity index (χ4n) is 2.73. The summed E-state index contributed by atoms with van der Waals surface area (Å²) in [6.07, 6.45) is 3.07. The summed E-state index contributed by atoms with van der Waals surface area (Å²) in [6, 6.07) is 9.12. The Hall–Kier alpha value is -1.57. The molecule has 1 aromatic rings. The SMILES string of the molecule is CC1(C)C=C(OC(=O)c2ccccc2)C(C)(C)C1. The Labute approximate surface area is 109 Å². The number of carbonyl (C=O) groups excluding carboxylic acids is 1. The molecule has 2 heteroatoms. The molecule has 1 aliphatic carbocycles. The summed E-state index contributed by atoms with van der Waals surface area (Å²) in [6.45, 7) is 8.56. The molecule has 18 heavy (non-hydrogen) atoms. The average molecular weight is 244 g/mol. The van der Waals surface area contributed by atoms with Crippen molar-refractivity contribution in [1.29, 1.82) is 0 Å². The molecule has 1 aromatic carbocycles. The molecule has 0 bridgehead atoms. The van der Waals surface area contributed by atoms with Gasteiger partial charge < -0.3 is 4.74 Å². The van der Waals surface area contributed by atoms with Gasteiger partial charge >= 0.3 is 5.97 Å². The van der Waals surface area contributed by atoms with Crippen molar-refractivity contribution in [1.82, 2.24) is 0 Å². The highest BCUT2D eigenvalue weighted by atomic mass is 16.5. The number of hydrogen-bond acceptors (Lipinski definition) is 2. The van der Waals surface area contributed by atoms with Crippen LogP contribution >= 0.6 is 0 Å². The Kier molecular flexibility index (Phi) is 3.05. The zero-order valence-corrected chi connectivity index (χ0v) is 11.5. The van der Waals surface area contributed by atoms with Gasteiger partial charge in [0.05, 0.1) is 5.56 Å². The largest absolute Gasteiger partial charge is 0.427 e. The van der Waals surface area contributed by atoms with Crippen LogP contribution in [0.4, 0.5) is 0 Å². The van der Waals surface area contributed by atoms with Crippen molar-refractivity contribution in [3.05, 3.63) is 47.7 Å². The molecule has 0 saturated carbocycles. The van der Waals surface area contributed by atoms with Crippen LogP contribution in [0, 0.1) is 10.8 Å². The first-order valence-electron chi connectivity index (χ1n) is 6.31. The molecule has 0 heterocycles. The van der Waals surface area contributed by atoms with Gasteiger partial charge in [0.25, 0.3) is 0 Å². The number of carbonyl (C=O) groups is 1. The molecule has 0 aromatic heterocycles. The van der Waals surface area contributed by atoms with Gasteiger partial charge in [-0.3, -0.25) is 0 Å². The van der Waals surface area contributed by atoms with Gasteiger partial charge in [0.1, 0.15) is 5.76 Å². The van der Waals surface area contributed by atoms with E-state index in [1.165, 1.54) is 0 Å². The van der Waals surface area contributed by atoms with Crippen molar-refractivity contribution in [3.63, 3.8) is 0 Å². The average Bonchev–Trinajstić information content (AvgIpc) is 2.48. The molecule has 0 atom stereocenters. The molecular formula is C16H20O2. The zero-order chi connectivity index (χ0) is 13.4. The monoisotopic (exact) mass is 244 g/mol. The van der Waals surface area contributed by atoms with Crippen molar-refractivity contribution in [2.75, 3.05) is 0 Å². The second-order valence-corrected chi connectivity index (χ2v) is 6.31. The Bertz CT molecular complexity index is 481. The van der Waals surface area contributed by atoms with Gasteiger partial charge in [0.2, 0.25) is 0 Å². The number of ether oxygens (including phenoxy) is 1. The summed E-state index contributed by atoms with van der Waals surface area (Å²) < 4.78 is 5.57. The Morgan fingerprint density at radius 1 is 1.11 bits per heavy atom. The maximum absolute atomic E-state index is 12.0. The van der Waals surface area contributed by atoms with E-state index in [1.807, 2.05) is 18.2 Å². The summed E-state index contributed by atoms with van der Waals surface area (Å²) in [5, 5.41) is 0. The van der Waals surface area contributed by atoms with Crippen molar-refractivity contribution in [3.8, 4) is 0 Å². The quantitative estimate of drug-likeness (QED) is 0.729. The smallest absolute Gasteiger partial charge is 0.343 e. The van der Waals surface area contributed by atoms with Crippen LogP contribution in [0.1, 0.15) is 44.5 Å². The van der Waals surface area contributed by atoms with Crippen LogP contribution in [-0.2, 0) is 4.74 Å². The van der Waals surface area contributed by atoms with Gasteiger partial charge in [-0.2, -0.15) is 0 Å². The molecule has 1 aliphatic rings. The highest BCUT2D eigenvalue weighted by molar-refractivity contribution is 5.90. The molecule has 0 saturated heterocycles. The van der Waals surface area contributed by atoms with Crippen molar-refractivity contribution >= 4 is 5.97 Å². The number of rotatable bonds is 2. The lowest BCUT2D eigenvalue weighted by Crippen LogP contribution is -2.18. The fourth-order valence-corrected chi connectivity index (χ4v) is 2.73. The molecule has 0 spiro atoms. The number of benzene rings is 1. The highest BCUT2D eigenvalue weighted by Gasteiger charge is 2.40. The van der Waals surface area contributed by atoms with Crippen LogP contribution < -0.4 is 0 Å². The second kappa shape index (κ2) is 4.27. The van der Waals surface area contributed by atoms with Gasteiger partial charge in [-0.05, 0) is 30.0 Å². The molecule has 0 unspecified atom stereocenters. The molecule has 2 rings (SSSR count). The van der Waals surface area contributed by atoms with Crippen molar-refractivity contribution in [2.45, 2.75) is 34.1 Å². The van der Waals surface area contributed by atoms with Crippen LogP contribution in [-0.4, -0.2) is 5.97 Å². The Morgan fingerprint density at radius 3 is 2.22 bits per heavy atom. The minimum absolute atomic E-state index is 0.0755. The summed E-state index contributed by atoms with van der Waals surface area (Å²) in [7, 11) is 0. The molecule has 0 radical (unpaired) electrons. The summed E-state index contributed by atoms with van der Waals surface area (Å²) >= 11 is 0. The lowest BCUT2D eigenvalue weighted by molar-refractivity contribution is 0.0553. The molecule has 0 N–H and O–H groups in total. The summed E-state index contributed by atoms with van der Waals surface area (Å²) in [5.74, 6) is 0.522. The highest BCUT2D eigenvalue weighted by Crippen LogP contribution is 2.48. The number of esters is 1. The number of hydrogen-bond donors (Lipinski definition) is 0. The van der Waals surface area contributed by atoms with E-state index in [0.717, 1.165) is 12.2 Å². The van der Waals surface area contributed by atoms with E-state index in [9.17, 15) is 4.79 Å². The summed E-state index contributed by atoms with van der Waals surface area (Å²) in [4.78, 5) is 12.0. The van der Waals surface area contributed by atoms with Crippen LogP contribution in [0.2, 0.25) is 0 Å². The van der Waals surface area contributed by atoms with Crippen LogP contribution in [0.5, 0.6) is 0 Å². The third-order valence-electron chi connectivity index (χ3n) is 3.30. The van der Waals surface area contributed by atoms with Gasteiger partial charge in [-0.1, -0.05) is 45.9 Å². The van der Waals surface area contributed by atoms with E-state index in [-0.39, 0.29) is 16.8 Å². The van der Waals surface area contributed by atoms with Crippen LogP contribution in [0.15, 0.2) is 42.2 Å². The van der Waals surface area contributed by atoms with Gasteiger partial charge in [0.15, 0.2) is 0 Å². The first kappa shape index (κ1) is 12.9. The van der Waals surface area contributed by atoms with Crippen molar-refractivity contribution < 1.29 is 9.53 Å². The maximum Gasteiger partial charge on any atom is 0.343 e. The minimum atomic E-state index is -0.271. The van der Waals surface area contributed by atoms with E-state index >= 15 is 0 Å². The molecule has 0 fully saturated rings. The Balaban J connectivity index is 2.18. The van der Waals surface area contributed by atoms with Crippen molar-refractivity contribution in [2.24, 2.45) is 10.8 Å². The van der Waals surface area contributed by atoms with E-state index < -0.39 is 0 Å². The van der Waals surface area contributed by atoms with Crippen LogP contribution in [0.25, 0.3) is 0 Å². The normalized spacial score (nSPS) is 20.3. The minimum Gasteiger partial charge on any atom is -0.427 e. The molecule has 0 amide bonds. The third kappa shape index (κ3) is 2.63. The zero-order valence-electron chi connectivity index (χ0n) is 11.5. The lowest BCUT2D eigenvalue weighted by Gasteiger charge is -2.24. The molecular weight excluding hydrogens is 224 g/mol. The van der Waals surface area contributed by atoms with E-state index in [0.29, 0.717) is 5.56 Å². The first-order valence-corrected chi connectivity index (χ1v) is 6.31. The summed E-state index contributed by atoms with van der Waals surface area (Å²) in [5.41, 5.74) is 0.614.